The molecular formula is C22H20FNO7. The quantitative estimate of drug-likeness (QED) is 0.556. The molecule has 31 heavy (non-hydrogen) atoms. The SMILES string of the molecule is O=C(COC(=O)/C=C/c1cc(F)cc2c1OCOC2)NCC1COc2ccccc2O1. The van der Waals surface area contributed by atoms with E-state index in [1.54, 1.807) is 12.1 Å². The monoisotopic (exact) mass is 429 g/mol. The van der Waals surface area contributed by atoms with Gasteiger partial charge in [0.1, 0.15) is 24.3 Å². The molecule has 8 nitrogen and oxygen atoms in total. The molecule has 1 amide bonds. The van der Waals surface area contributed by atoms with Crippen LogP contribution in [-0.2, 0) is 25.7 Å². The first-order valence-corrected chi connectivity index (χ1v) is 9.61. The maximum absolute atomic E-state index is 13.7. The molecule has 0 fully saturated rings. The summed E-state index contributed by atoms with van der Waals surface area (Å²) in [6.07, 6.45) is 2.13. The van der Waals surface area contributed by atoms with Crippen molar-refractivity contribution in [2.75, 3.05) is 26.6 Å². The number of hydrogen-bond acceptors (Lipinski definition) is 7. The molecule has 2 aromatic rings. The summed E-state index contributed by atoms with van der Waals surface area (Å²) in [7, 11) is 0. The van der Waals surface area contributed by atoms with Gasteiger partial charge >= 0.3 is 5.97 Å². The Balaban J connectivity index is 1.23. The van der Waals surface area contributed by atoms with Crippen molar-refractivity contribution in [2.24, 2.45) is 0 Å². The molecule has 1 N–H and O–H groups in total. The van der Waals surface area contributed by atoms with E-state index < -0.39 is 24.3 Å². The number of para-hydroxylation sites is 2. The molecule has 0 saturated heterocycles. The minimum absolute atomic E-state index is 0.0470. The molecule has 9 heteroatoms. The van der Waals surface area contributed by atoms with Crippen LogP contribution in [0.2, 0.25) is 0 Å². The average Bonchev–Trinajstić information content (AvgIpc) is 2.79. The maximum Gasteiger partial charge on any atom is 0.331 e. The van der Waals surface area contributed by atoms with Crippen molar-refractivity contribution in [2.45, 2.75) is 12.7 Å². The number of esters is 1. The second kappa shape index (κ2) is 9.48. The normalized spacial score (nSPS) is 16.9. The fourth-order valence-electron chi connectivity index (χ4n) is 3.12. The highest BCUT2D eigenvalue weighted by molar-refractivity contribution is 5.89. The Labute approximate surface area is 177 Å². The lowest BCUT2D eigenvalue weighted by atomic mass is 10.1. The molecule has 2 aliphatic heterocycles. The first kappa shape index (κ1) is 20.7. The summed E-state index contributed by atoms with van der Waals surface area (Å²) in [6.45, 7) is 0.310. The number of fused-ring (bicyclic) bond motifs is 2. The van der Waals surface area contributed by atoms with E-state index in [4.69, 9.17) is 23.7 Å². The van der Waals surface area contributed by atoms with Crippen molar-refractivity contribution in [1.29, 1.82) is 0 Å². The number of halogens is 1. The van der Waals surface area contributed by atoms with Gasteiger partial charge in [0.25, 0.3) is 5.91 Å². The fraction of sp³-hybridized carbons (Fsp3) is 0.273. The van der Waals surface area contributed by atoms with Gasteiger partial charge in [0, 0.05) is 17.2 Å². The predicted molar refractivity (Wildman–Crippen MR) is 106 cm³/mol. The summed E-state index contributed by atoms with van der Waals surface area (Å²) >= 11 is 0. The number of carbonyl (C=O) groups excluding carboxylic acids is 2. The van der Waals surface area contributed by atoms with Crippen LogP contribution in [-0.4, -0.2) is 44.5 Å². The largest absolute Gasteiger partial charge is 0.486 e. The third kappa shape index (κ3) is 5.32. The van der Waals surface area contributed by atoms with Crippen molar-refractivity contribution in [3.63, 3.8) is 0 Å². The topological polar surface area (TPSA) is 92.3 Å². The number of ether oxygens (including phenoxy) is 5. The molecule has 0 aliphatic carbocycles. The minimum atomic E-state index is -0.744. The van der Waals surface area contributed by atoms with Gasteiger partial charge in [-0.2, -0.15) is 0 Å². The standard InChI is InChI=1S/C22H20FNO7/c23-16-7-14(22-15(8-16)10-27-13-30-22)5-6-21(26)29-12-20(25)24-9-17-11-28-18-3-1-2-4-19(18)31-17/h1-8,17H,9-13H2,(H,24,25)/b6-5+. The first-order chi connectivity index (χ1) is 15.1. The highest BCUT2D eigenvalue weighted by Gasteiger charge is 2.21. The minimum Gasteiger partial charge on any atom is -0.486 e. The molecule has 2 heterocycles. The van der Waals surface area contributed by atoms with Gasteiger partial charge in [-0.25, -0.2) is 9.18 Å². The smallest absolute Gasteiger partial charge is 0.331 e. The summed E-state index contributed by atoms with van der Waals surface area (Å²) in [6, 6.07) is 9.81. The third-order valence-electron chi connectivity index (χ3n) is 4.54. The molecule has 0 bridgehead atoms. The zero-order valence-electron chi connectivity index (χ0n) is 16.5. The second-order valence-electron chi connectivity index (χ2n) is 6.84. The number of hydrogen-bond donors (Lipinski definition) is 1. The number of carbonyl (C=O) groups is 2. The lowest BCUT2D eigenvalue weighted by Gasteiger charge is -2.26. The Morgan fingerprint density at radius 2 is 2.03 bits per heavy atom. The van der Waals surface area contributed by atoms with Crippen LogP contribution in [0.3, 0.4) is 0 Å². The number of nitrogens with one attached hydrogen (secondary N) is 1. The zero-order chi connectivity index (χ0) is 21.6. The van der Waals surface area contributed by atoms with Crippen LogP contribution >= 0.6 is 0 Å². The van der Waals surface area contributed by atoms with Crippen LogP contribution in [0, 0.1) is 5.82 Å². The lowest BCUT2D eigenvalue weighted by Crippen LogP contribution is -2.42. The molecule has 162 valence electrons. The van der Waals surface area contributed by atoms with Crippen LogP contribution < -0.4 is 19.5 Å². The average molecular weight is 429 g/mol. The highest BCUT2D eigenvalue weighted by Crippen LogP contribution is 2.31. The van der Waals surface area contributed by atoms with E-state index in [1.165, 1.54) is 18.2 Å². The first-order valence-electron chi connectivity index (χ1n) is 9.61. The van der Waals surface area contributed by atoms with E-state index in [0.717, 1.165) is 6.08 Å². The third-order valence-corrected chi connectivity index (χ3v) is 4.54. The zero-order valence-corrected chi connectivity index (χ0v) is 16.5. The Bertz CT molecular complexity index is 1010. The molecule has 2 aromatic carbocycles. The van der Waals surface area contributed by atoms with Crippen LogP contribution in [0.15, 0.2) is 42.5 Å². The van der Waals surface area contributed by atoms with Crippen LogP contribution in [0.25, 0.3) is 6.08 Å². The van der Waals surface area contributed by atoms with E-state index in [1.807, 2.05) is 12.1 Å². The molecule has 1 unspecified atom stereocenters. The molecular weight excluding hydrogens is 409 g/mol. The molecule has 2 aliphatic rings. The molecule has 0 radical (unpaired) electrons. The van der Waals surface area contributed by atoms with E-state index in [0.29, 0.717) is 35.0 Å². The second-order valence-corrected chi connectivity index (χ2v) is 6.84. The van der Waals surface area contributed by atoms with Gasteiger partial charge in [-0.3, -0.25) is 4.79 Å². The van der Waals surface area contributed by atoms with Crippen LogP contribution in [0.5, 0.6) is 17.2 Å². The highest BCUT2D eigenvalue weighted by atomic mass is 19.1. The van der Waals surface area contributed by atoms with Gasteiger partial charge in [-0.1, -0.05) is 12.1 Å². The predicted octanol–water partition coefficient (Wildman–Crippen LogP) is 2.20. The molecule has 4 rings (SSSR count). The van der Waals surface area contributed by atoms with Gasteiger partial charge < -0.3 is 29.0 Å². The summed E-state index contributed by atoms with van der Waals surface area (Å²) < 4.78 is 40.4. The Kier molecular flexibility index (Phi) is 6.32. The summed E-state index contributed by atoms with van der Waals surface area (Å²) in [4.78, 5) is 23.9. The molecule has 0 spiro atoms. The summed E-state index contributed by atoms with van der Waals surface area (Å²) in [5, 5.41) is 2.63. The van der Waals surface area contributed by atoms with Crippen molar-refractivity contribution in [1.82, 2.24) is 5.32 Å². The van der Waals surface area contributed by atoms with Gasteiger partial charge in [0.2, 0.25) is 0 Å². The van der Waals surface area contributed by atoms with E-state index in [-0.39, 0.29) is 26.0 Å². The Hall–Kier alpha value is -3.59. The fourth-order valence-corrected chi connectivity index (χ4v) is 3.12. The number of benzene rings is 2. The number of amides is 1. The molecule has 0 aromatic heterocycles. The molecule has 0 saturated carbocycles. The Morgan fingerprint density at radius 1 is 1.19 bits per heavy atom. The van der Waals surface area contributed by atoms with Crippen LogP contribution in [0.1, 0.15) is 11.1 Å². The van der Waals surface area contributed by atoms with E-state index in [9.17, 15) is 14.0 Å². The van der Waals surface area contributed by atoms with Gasteiger partial charge in [-0.05, 0) is 30.3 Å². The number of rotatable bonds is 6. The van der Waals surface area contributed by atoms with Gasteiger partial charge in [-0.15, -0.1) is 0 Å². The molecule has 1 atom stereocenters. The summed E-state index contributed by atoms with van der Waals surface area (Å²) in [5.74, 6) is 0.0182. The van der Waals surface area contributed by atoms with E-state index >= 15 is 0 Å². The summed E-state index contributed by atoms with van der Waals surface area (Å²) in [5.41, 5.74) is 0.935. The van der Waals surface area contributed by atoms with Crippen molar-refractivity contribution in [3.8, 4) is 17.2 Å². The van der Waals surface area contributed by atoms with Crippen LogP contribution in [0.4, 0.5) is 4.39 Å². The van der Waals surface area contributed by atoms with Crippen molar-refractivity contribution < 1.29 is 37.7 Å². The lowest BCUT2D eigenvalue weighted by molar-refractivity contribution is -0.143. The van der Waals surface area contributed by atoms with Crippen molar-refractivity contribution in [3.05, 3.63) is 59.4 Å². The van der Waals surface area contributed by atoms with E-state index in [2.05, 4.69) is 5.32 Å². The van der Waals surface area contributed by atoms with Gasteiger partial charge in [0.15, 0.2) is 24.9 Å². The van der Waals surface area contributed by atoms with Gasteiger partial charge in [0.05, 0.1) is 13.2 Å². The van der Waals surface area contributed by atoms with Crippen molar-refractivity contribution >= 4 is 18.0 Å². The Morgan fingerprint density at radius 3 is 2.90 bits per heavy atom. The maximum atomic E-state index is 13.7.